The molecule has 0 spiro atoms. The number of carbonyl (C=O) groups excluding carboxylic acids is 1. The number of halogens is 1. The molecule has 3 rings (SSSR count). The van der Waals surface area contributed by atoms with Crippen molar-refractivity contribution in [3.05, 3.63) is 36.2 Å². The molecule has 0 atom stereocenters. The second-order valence-electron chi connectivity index (χ2n) is 6.50. The molecule has 1 saturated heterocycles. The Morgan fingerprint density at radius 1 is 1.38 bits per heavy atom. The molecular weight excluding hydrogens is 487 g/mol. The monoisotopic (exact) mass is 514 g/mol. The van der Waals surface area contributed by atoms with Crippen LogP contribution in [0.5, 0.6) is 11.5 Å². The van der Waals surface area contributed by atoms with Gasteiger partial charge in [-0.25, -0.2) is 4.99 Å². The molecule has 0 bridgehead atoms. The van der Waals surface area contributed by atoms with Gasteiger partial charge in [0, 0.05) is 38.4 Å². The normalized spacial score (nSPS) is 14.6. The van der Waals surface area contributed by atoms with Gasteiger partial charge in [-0.2, -0.15) is 5.10 Å². The van der Waals surface area contributed by atoms with E-state index in [9.17, 15) is 9.90 Å². The summed E-state index contributed by atoms with van der Waals surface area (Å²) in [5, 5.41) is 17.4. The average molecular weight is 514 g/mol. The highest BCUT2D eigenvalue weighted by Crippen LogP contribution is 2.23. The van der Waals surface area contributed by atoms with E-state index in [1.807, 2.05) is 25.1 Å². The molecule has 9 nitrogen and oxygen atoms in total. The van der Waals surface area contributed by atoms with E-state index in [1.165, 1.54) is 0 Å². The molecule has 0 radical (unpaired) electrons. The molecule has 0 unspecified atom stereocenters. The Kier molecular flexibility index (Phi) is 8.11. The van der Waals surface area contributed by atoms with Crippen molar-refractivity contribution < 1.29 is 14.6 Å². The first-order chi connectivity index (χ1) is 13.5. The van der Waals surface area contributed by atoms with Gasteiger partial charge in [-0.05, 0) is 25.1 Å². The number of nitrogens with zero attached hydrogens (tertiary/aromatic N) is 5. The van der Waals surface area contributed by atoms with Crippen molar-refractivity contribution in [3.8, 4) is 11.5 Å². The van der Waals surface area contributed by atoms with Gasteiger partial charge in [0.2, 0.25) is 5.91 Å². The fraction of sp³-hybridized carbons (Fsp3) is 0.421. The van der Waals surface area contributed by atoms with Crippen LogP contribution >= 0.6 is 24.0 Å². The molecule has 0 saturated carbocycles. The minimum Gasteiger partial charge on any atom is -0.508 e. The Balaban J connectivity index is 0.00000300. The lowest BCUT2D eigenvalue weighted by Crippen LogP contribution is -2.55. The topological polar surface area (TPSA) is 95.2 Å². The summed E-state index contributed by atoms with van der Waals surface area (Å²) in [5.74, 6) is 1.46. The van der Waals surface area contributed by atoms with E-state index >= 15 is 0 Å². The van der Waals surface area contributed by atoms with E-state index in [0.717, 1.165) is 5.69 Å². The molecule has 1 aliphatic heterocycles. The maximum absolute atomic E-state index is 12.6. The number of piperazine rings is 1. The summed E-state index contributed by atoms with van der Waals surface area (Å²) in [6, 6.07) is 5.05. The highest BCUT2D eigenvalue weighted by molar-refractivity contribution is 14.0. The molecule has 2 aromatic rings. The first-order valence-electron chi connectivity index (χ1n) is 9.20. The van der Waals surface area contributed by atoms with Crippen LogP contribution in [0.4, 0.5) is 5.69 Å². The Labute approximate surface area is 187 Å². The zero-order chi connectivity index (χ0) is 20.1. The number of hydrogen-bond acceptors (Lipinski definition) is 5. The molecule has 1 aromatic heterocycles. The Bertz CT molecular complexity index is 869. The number of aromatic nitrogens is 2. The van der Waals surface area contributed by atoms with Gasteiger partial charge in [0.15, 0.2) is 5.96 Å². The molecule has 10 heteroatoms. The summed E-state index contributed by atoms with van der Waals surface area (Å²) in [4.78, 5) is 20.9. The molecule has 1 aliphatic rings. The third-order valence-corrected chi connectivity index (χ3v) is 4.54. The maximum Gasteiger partial charge on any atom is 0.246 e. The molecule has 2 N–H and O–H groups in total. The third-order valence-electron chi connectivity index (χ3n) is 4.54. The van der Waals surface area contributed by atoms with Gasteiger partial charge >= 0.3 is 0 Å². The second kappa shape index (κ2) is 10.3. The summed E-state index contributed by atoms with van der Waals surface area (Å²) in [5.41, 5.74) is 1.46. The fourth-order valence-corrected chi connectivity index (χ4v) is 3.08. The lowest BCUT2D eigenvalue weighted by molar-refractivity contribution is -0.120. The van der Waals surface area contributed by atoms with Crippen molar-refractivity contribution in [2.24, 2.45) is 12.0 Å². The highest BCUT2D eigenvalue weighted by Gasteiger charge is 2.27. The number of guanidine groups is 1. The van der Waals surface area contributed by atoms with Crippen LogP contribution in [0, 0.1) is 0 Å². The van der Waals surface area contributed by atoms with Gasteiger partial charge < -0.3 is 25.0 Å². The molecule has 29 heavy (non-hydrogen) atoms. The number of aromatic hydroxyl groups is 1. The maximum atomic E-state index is 12.6. The van der Waals surface area contributed by atoms with E-state index in [2.05, 4.69) is 15.4 Å². The van der Waals surface area contributed by atoms with Gasteiger partial charge in [0.25, 0.3) is 0 Å². The zero-order valence-electron chi connectivity index (χ0n) is 16.8. The number of hydrogen-bond donors (Lipinski definition) is 2. The number of ether oxygens (including phenoxy) is 1. The number of carbonyl (C=O) groups is 1. The summed E-state index contributed by atoms with van der Waals surface area (Å²) in [6.45, 7) is 4.37. The number of phenolic OH excluding ortho intramolecular Hbond substituents is 1. The summed E-state index contributed by atoms with van der Waals surface area (Å²) in [7, 11) is 3.41. The number of aryl methyl sites for hydroxylation is 1. The van der Waals surface area contributed by atoms with Crippen molar-refractivity contribution in [2.75, 3.05) is 38.2 Å². The van der Waals surface area contributed by atoms with Gasteiger partial charge in [0.05, 0.1) is 25.5 Å². The van der Waals surface area contributed by atoms with E-state index < -0.39 is 0 Å². The number of amides is 1. The van der Waals surface area contributed by atoms with Crippen LogP contribution in [-0.2, 0) is 18.4 Å². The van der Waals surface area contributed by atoms with Crippen LogP contribution in [0.25, 0.3) is 0 Å². The van der Waals surface area contributed by atoms with Crippen LogP contribution in [0.1, 0.15) is 12.5 Å². The number of methoxy groups -OCH3 is 1. The smallest absolute Gasteiger partial charge is 0.246 e. The van der Waals surface area contributed by atoms with E-state index in [4.69, 9.17) is 4.74 Å². The van der Waals surface area contributed by atoms with E-state index in [-0.39, 0.29) is 48.7 Å². The Morgan fingerprint density at radius 2 is 2.17 bits per heavy atom. The minimum absolute atomic E-state index is 0. The van der Waals surface area contributed by atoms with E-state index in [1.54, 1.807) is 41.1 Å². The fourth-order valence-electron chi connectivity index (χ4n) is 3.08. The Morgan fingerprint density at radius 3 is 2.79 bits per heavy atom. The van der Waals surface area contributed by atoms with Gasteiger partial charge in [-0.15, -0.1) is 24.0 Å². The summed E-state index contributed by atoms with van der Waals surface area (Å²) in [6.07, 6.45) is 3.52. The lowest BCUT2D eigenvalue weighted by atomic mass is 10.2. The number of aliphatic imine (C=N–C) groups is 1. The summed E-state index contributed by atoms with van der Waals surface area (Å²) < 4.78 is 6.89. The second-order valence-corrected chi connectivity index (χ2v) is 6.50. The number of anilines is 1. The molecule has 2 heterocycles. The largest absolute Gasteiger partial charge is 0.508 e. The number of nitrogens with one attached hydrogen (secondary N) is 1. The predicted molar refractivity (Wildman–Crippen MR) is 122 cm³/mol. The van der Waals surface area contributed by atoms with Gasteiger partial charge in [0.1, 0.15) is 18.0 Å². The number of phenols is 1. The molecule has 1 amide bonds. The van der Waals surface area contributed by atoms with Crippen molar-refractivity contribution in [1.82, 2.24) is 20.0 Å². The van der Waals surface area contributed by atoms with Crippen molar-refractivity contribution >= 4 is 41.5 Å². The minimum atomic E-state index is -0.00548. The van der Waals surface area contributed by atoms with Crippen LogP contribution in [0.15, 0.2) is 35.6 Å². The SMILES string of the molecule is CCNC(=NCc1cc(OC)ccc1O)N1CCN(c2cnn(C)c2)C(=O)C1.I. The van der Waals surface area contributed by atoms with Gasteiger partial charge in [-0.3, -0.25) is 9.48 Å². The third kappa shape index (κ3) is 5.52. The molecule has 1 aromatic carbocycles. The standard InChI is InChI=1S/C19H26N6O3.HI/c1-4-20-19(21-10-14-9-16(28-3)5-6-17(14)26)24-7-8-25(18(27)13-24)15-11-22-23(2)12-15;/h5-6,9,11-12,26H,4,7-8,10,13H2,1-3H3,(H,20,21);1H. The molecule has 158 valence electrons. The van der Waals surface area contributed by atoms with Crippen molar-refractivity contribution in [2.45, 2.75) is 13.5 Å². The van der Waals surface area contributed by atoms with Gasteiger partial charge in [-0.1, -0.05) is 0 Å². The van der Waals surface area contributed by atoms with Crippen molar-refractivity contribution in [3.63, 3.8) is 0 Å². The Hall–Kier alpha value is -2.50. The van der Waals surface area contributed by atoms with Crippen LogP contribution in [-0.4, -0.2) is 64.9 Å². The first-order valence-corrected chi connectivity index (χ1v) is 9.20. The van der Waals surface area contributed by atoms with E-state index in [0.29, 0.717) is 36.9 Å². The number of rotatable bonds is 5. The summed E-state index contributed by atoms with van der Waals surface area (Å²) >= 11 is 0. The van der Waals surface area contributed by atoms with Crippen LogP contribution in [0.3, 0.4) is 0 Å². The molecular formula is C19H27IN6O3. The predicted octanol–water partition coefficient (Wildman–Crippen LogP) is 1.57. The quantitative estimate of drug-likeness (QED) is 0.358. The van der Waals surface area contributed by atoms with Crippen LogP contribution in [0.2, 0.25) is 0 Å². The van der Waals surface area contributed by atoms with Crippen LogP contribution < -0.4 is 15.0 Å². The average Bonchev–Trinajstić information content (AvgIpc) is 3.12. The first kappa shape index (κ1) is 22.8. The molecule has 1 fully saturated rings. The van der Waals surface area contributed by atoms with Crippen molar-refractivity contribution in [1.29, 1.82) is 0 Å². The highest BCUT2D eigenvalue weighted by atomic mass is 127. The molecule has 0 aliphatic carbocycles. The number of benzene rings is 1. The zero-order valence-corrected chi connectivity index (χ0v) is 19.2. The lowest BCUT2D eigenvalue weighted by Gasteiger charge is -2.35.